The highest BCUT2D eigenvalue weighted by molar-refractivity contribution is 7.89. The minimum atomic E-state index is -3.40. The summed E-state index contributed by atoms with van der Waals surface area (Å²) < 4.78 is 27.4. The number of rotatable bonds is 6. The molecule has 3 rings (SSSR count). The van der Waals surface area contributed by atoms with E-state index in [1.54, 1.807) is 16.4 Å². The van der Waals surface area contributed by atoms with Crippen molar-refractivity contribution in [3.8, 4) is 0 Å². The van der Waals surface area contributed by atoms with E-state index in [2.05, 4.69) is 30.9 Å². The van der Waals surface area contributed by atoms with Crippen molar-refractivity contribution in [2.24, 2.45) is 5.92 Å². The molecule has 0 N–H and O–H groups in total. The second-order valence-electron chi connectivity index (χ2n) is 7.41. The van der Waals surface area contributed by atoms with Gasteiger partial charge in [0.15, 0.2) is 0 Å². The standard InChI is InChI=1S/C21H28N2O2S/c1-18(2)16-19-8-10-21(11-9-19)26(24,25)23-14-12-22(13-15-23)17-20-6-4-3-5-7-20/h3-11,18H,12-17H2,1-2H3. The zero-order valence-electron chi connectivity index (χ0n) is 15.6. The molecular formula is C21H28N2O2S. The zero-order valence-corrected chi connectivity index (χ0v) is 16.5. The van der Waals surface area contributed by atoms with Crippen LogP contribution in [0.4, 0.5) is 0 Å². The number of sulfonamides is 1. The maximum Gasteiger partial charge on any atom is 0.243 e. The Morgan fingerprint density at radius 1 is 0.846 bits per heavy atom. The van der Waals surface area contributed by atoms with Gasteiger partial charge >= 0.3 is 0 Å². The van der Waals surface area contributed by atoms with E-state index >= 15 is 0 Å². The van der Waals surface area contributed by atoms with Crippen molar-refractivity contribution in [2.75, 3.05) is 26.2 Å². The molecule has 0 aliphatic carbocycles. The fourth-order valence-corrected chi connectivity index (χ4v) is 4.81. The Balaban J connectivity index is 1.60. The SMILES string of the molecule is CC(C)Cc1ccc(S(=O)(=O)N2CCN(Cc3ccccc3)CC2)cc1. The summed E-state index contributed by atoms with van der Waals surface area (Å²) >= 11 is 0. The van der Waals surface area contributed by atoms with Crippen molar-refractivity contribution in [1.82, 2.24) is 9.21 Å². The van der Waals surface area contributed by atoms with Gasteiger partial charge in [-0.15, -0.1) is 0 Å². The zero-order chi connectivity index (χ0) is 18.6. The van der Waals surface area contributed by atoms with E-state index in [0.29, 0.717) is 23.9 Å². The molecule has 2 aromatic carbocycles. The molecule has 1 aliphatic heterocycles. The van der Waals surface area contributed by atoms with Gasteiger partial charge in [0.1, 0.15) is 0 Å². The van der Waals surface area contributed by atoms with E-state index in [1.807, 2.05) is 30.3 Å². The molecule has 1 saturated heterocycles. The first-order valence-corrected chi connectivity index (χ1v) is 10.7. The Bertz CT molecular complexity index is 794. The van der Waals surface area contributed by atoms with E-state index in [1.165, 1.54) is 11.1 Å². The normalized spacial score (nSPS) is 16.9. The molecule has 1 fully saturated rings. The first-order chi connectivity index (χ1) is 12.4. The molecule has 4 nitrogen and oxygen atoms in total. The molecule has 0 aromatic heterocycles. The Hall–Kier alpha value is -1.69. The van der Waals surface area contributed by atoms with Gasteiger partial charge < -0.3 is 0 Å². The molecule has 1 heterocycles. The van der Waals surface area contributed by atoms with Crippen LogP contribution in [0, 0.1) is 5.92 Å². The Kier molecular flexibility index (Phi) is 6.12. The van der Waals surface area contributed by atoms with Crippen LogP contribution < -0.4 is 0 Å². The number of nitrogens with zero attached hydrogens (tertiary/aromatic N) is 2. The lowest BCUT2D eigenvalue weighted by molar-refractivity contribution is 0.181. The lowest BCUT2D eigenvalue weighted by Crippen LogP contribution is -2.48. The lowest BCUT2D eigenvalue weighted by atomic mass is 10.0. The molecule has 1 aliphatic rings. The average molecular weight is 373 g/mol. The second-order valence-corrected chi connectivity index (χ2v) is 9.35. The van der Waals surface area contributed by atoms with Crippen molar-refractivity contribution in [3.05, 3.63) is 65.7 Å². The van der Waals surface area contributed by atoms with Crippen LogP contribution >= 0.6 is 0 Å². The fourth-order valence-electron chi connectivity index (χ4n) is 3.39. The average Bonchev–Trinajstić information content (AvgIpc) is 2.63. The van der Waals surface area contributed by atoms with Gasteiger partial charge in [0.25, 0.3) is 0 Å². The predicted octanol–water partition coefficient (Wildman–Crippen LogP) is 3.39. The van der Waals surface area contributed by atoms with Gasteiger partial charge in [-0.25, -0.2) is 8.42 Å². The van der Waals surface area contributed by atoms with Crippen LogP contribution in [0.15, 0.2) is 59.5 Å². The molecule has 5 heteroatoms. The summed E-state index contributed by atoms with van der Waals surface area (Å²) in [5.74, 6) is 0.565. The third kappa shape index (κ3) is 4.72. The summed E-state index contributed by atoms with van der Waals surface area (Å²) in [6.45, 7) is 7.82. The Labute approximate surface area is 157 Å². The lowest BCUT2D eigenvalue weighted by Gasteiger charge is -2.34. The van der Waals surface area contributed by atoms with Crippen LogP contribution in [-0.2, 0) is 23.0 Å². The first-order valence-electron chi connectivity index (χ1n) is 9.30. The maximum absolute atomic E-state index is 12.9. The highest BCUT2D eigenvalue weighted by Gasteiger charge is 2.28. The minimum Gasteiger partial charge on any atom is -0.296 e. The molecule has 0 saturated carbocycles. The van der Waals surface area contributed by atoms with E-state index < -0.39 is 10.0 Å². The van der Waals surface area contributed by atoms with Gasteiger partial charge in [0.2, 0.25) is 10.0 Å². The molecule has 0 atom stereocenters. The molecule has 140 valence electrons. The van der Waals surface area contributed by atoms with Crippen molar-refractivity contribution in [1.29, 1.82) is 0 Å². The maximum atomic E-state index is 12.9. The van der Waals surface area contributed by atoms with Crippen LogP contribution in [0.1, 0.15) is 25.0 Å². The smallest absolute Gasteiger partial charge is 0.243 e. The van der Waals surface area contributed by atoms with Crippen LogP contribution in [0.3, 0.4) is 0 Å². The predicted molar refractivity (Wildman–Crippen MR) is 105 cm³/mol. The fraction of sp³-hybridized carbons (Fsp3) is 0.429. The van der Waals surface area contributed by atoms with Gasteiger partial charge in [0, 0.05) is 32.7 Å². The summed E-state index contributed by atoms with van der Waals surface area (Å²) in [5.41, 5.74) is 2.45. The van der Waals surface area contributed by atoms with Gasteiger partial charge in [-0.1, -0.05) is 56.3 Å². The van der Waals surface area contributed by atoms with Crippen LogP contribution in [-0.4, -0.2) is 43.8 Å². The van der Waals surface area contributed by atoms with Gasteiger partial charge in [-0.05, 0) is 35.6 Å². The number of benzene rings is 2. The molecular weight excluding hydrogens is 344 g/mol. The molecule has 26 heavy (non-hydrogen) atoms. The van der Waals surface area contributed by atoms with Crippen molar-refractivity contribution < 1.29 is 8.42 Å². The molecule has 0 bridgehead atoms. The van der Waals surface area contributed by atoms with Crippen molar-refractivity contribution >= 4 is 10.0 Å². The molecule has 0 spiro atoms. The highest BCUT2D eigenvalue weighted by Crippen LogP contribution is 2.20. The summed E-state index contributed by atoms with van der Waals surface area (Å²) in [6, 6.07) is 17.7. The van der Waals surface area contributed by atoms with Crippen LogP contribution in [0.5, 0.6) is 0 Å². The van der Waals surface area contributed by atoms with Crippen molar-refractivity contribution in [3.63, 3.8) is 0 Å². The molecule has 0 unspecified atom stereocenters. The van der Waals surface area contributed by atoms with Gasteiger partial charge in [-0.3, -0.25) is 4.90 Å². The van der Waals surface area contributed by atoms with Gasteiger partial charge in [-0.2, -0.15) is 4.31 Å². The van der Waals surface area contributed by atoms with E-state index in [4.69, 9.17) is 0 Å². The number of hydrogen-bond donors (Lipinski definition) is 0. The summed E-state index contributed by atoms with van der Waals surface area (Å²) in [4.78, 5) is 2.72. The summed E-state index contributed by atoms with van der Waals surface area (Å²) in [7, 11) is -3.40. The number of hydrogen-bond acceptors (Lipinski definition) is 3. The van der Waals surface area contributed by atoms with E-state index in [0.717, 1.165) is 26.1 Å². The Morgan fingerprint density at radius 3 is 2.04 bits per heavy atom. The second kappa shape index (κ2) is 8.33. The quantitative estimate of drug-likeness (QED) is 0.780. The van der Waals surface area contributed by atoms with Crippen LogP contribution in [0.25, 0.3) is 0 Å². The van der Waals surface area contributed by atoms with Crippen LogP contribution in [0.2, 0.25) is 0 Å². The third-order valence-electron chi connectivity index (χ3n) is 4.79. The monoisotopic (exact) mass is 372 g/mol. The summed E-state index contributed by atoms with van der Waals surface area (Å²) in [6.07, 6.45) is 0.971. The molecule has 0 amide bonds. The number of piperazine rings is 1. The largest absolute Gasteiger partial charge is 0.296 e. The summed E-state index contributed by atoms with van der Waals surface area (Å²) in [5, 5.41) is 0. The van der Waals surface area contributed by atoms with E-state index in [9.17, 15) is 8.42 Å². The van der Waals surface area contributed by atoms with E-state index in [-0.39, 0.29) is 0 Å². The molecule has 2 aromatic rings. The van der Waals surface area contributed by atoms with Gasteiger partial charge in [0.05, 0.1) is 4.90 Å². The molecule has 0 radical (unpaired) electrons. The Morgan fingerprint density at radius 2 is 1.46 bits per heavy atom. The third-order valence-corrected chi connectivity index (χ3v) is 6.70. The van der Waals surface area contributed by atoms with Crippen molar-refractivity contribution in [2.45, 2.75) is 31.7 Å². The first kappa shape index (κ1) is 19.1. The topological polar surface area (TPSA) is 40.6 Å². The highest BCUT2D eigenvalue weighted by atomic mass is 32.2. The minimum absolute atomic E-state index is 0.404.